The minimum Gasteiger partial charge on any atom is -0.497 e. The normalized spacial score (nSPS) is 11.7. The van der Waals surface area contributed by atoms with E-state index in [2.05, 4.69) is 10.4 Å². The molecule has 0 spiro atoms. The maximum Gasteiger partial charge on any atom is 0.267 e. The zero-order chi connectivity index (χ0) is 19.4. The van der Waals surface area contributed by atoms with Crippen LogP contribution in [0, 0.1) is 5.82 Å². The van der Waals surface area contributed by atoms with Gasteiger partial charge in [0, 0.05) is 17.3 Å². The fourth-order valence-corrected chi connectivity index (χ4v) is 2.51. The summed E-state index contributed by atoms with van der Waals surface area (Å²) in [5.41, 5.74) is 1.39. The molecule has 6 nitrogen and oxygen atoms in total. The summed E-state index contributed by atoms with van der Waals surface area (Å²) in [7, 11) is 1.58. The van der Waals surface area contributed by atoms with Crippen LogP contribution in [0.2, 0.25) is 0 Å². The van der Waals surface area contributed by atoms with E-state index in [0.717, 1.165) is 10.2 Å². The molecule has 138 valence electrons. The lowest BCUT2D eigenvalue weighted by atomic mass is 10.1. The van der Waals surface area contributed by atoms with Crippen LogP contribution in [-0.4, -0.2) is 22.8 Å². The van der Waals surface area contributed by atoms with Crippen LogP contribution in [0.4, 0.5) is 10.1 Å². The third-order valence-electron chi connectivity index (χ3n) is 4.07. The summed E-state index contributed by atoms with van der Waals surface area (Å²) in [6, 6.07) is 14.7. The molecule has 0 radical (unpaired) electrons. The fraction of sp³-hybridized carbons (Fsp3) is 0.150. The Morgan fingerprint density at radius 1 is 1.07 bits per heavy atom. The third kappa shape index (κ3) is 4.20. The van der Waals surface area contributed by atoms with Crippen molar-refractivity contribution < 1.29 is 13.9 Å². The molecule has 0 aliphatic carbocycles. The summed E-state index contributed by atoms with van der Waals surface area (Å²) in [4.78, 5) is 24.7. The Labute approximate surface area is 155 Å². The van der Waals surface area contributed by atoms with Crippen molar-refractivity contribution in [1.82, 2.24) is 9.78 Å². The largest absolute Gasteiger partial charge is 0.497 e. The molecule has 1 N–H and O–H groups in total. The number of anilines is 1. The van der Waals surface area contributed by atoms with Gasteiger partial charge in [0.2, 0.25) is 5.91 Å². The molecule has 3 aromatic rings. The molecular weight excluding hydrogens is 349 g/mol. The number of benzene rings is 2. The summed E-state index contributed by atoms with van der Waals surface area (Å²) in [6.07, 6.45) is 0. The average molecular weight is 367 g/mol. The molecule has 27 heavy (non-hydrogen) atoms. The molecule has 1 amide bonds. The number of nitrogens with zero attached hydrogens (tertiary/aromatic N) is 2. The van der Waals surface area contributed by atoms with E-state index in [0.29, 0.717) is 17.1 Å². The lowest BCUT2D eigenvalue weighted by Crippen LogP contribution is -2.33. The summed E-state index contributed by atoms with van der Waals surface area (Å²) >= 11 is 0. The van der Waals surface area contributed by atoms with E-state index in [9.17, 15) is 14.0 Å². The van der Waals surface area contributed by atoms with Crippen LogP contribution in [-0.2, 0) is 4.79 Å². The summed E-state index contributed by atoms with van der Waals surface area (Å²) in [5, 5.41) is 6.96. The highest BCUT2D eigenvalue weighted by Crippen LogP contribution is 2.20. The van der Waals surface area contributed by atoms with Gasteiger partial charge in [0.05, 0.1) is 12.8 Å². The zero-order valence-corrected chi connectivity index (χ0v) is 14.8. The second kappa shape index (κ2) is 7.82. The van der Waals surface area contributed by atoms with E-state index >= 15 is 0 Å². The van der Waals surface area contributed by atoms with Crippen LogP contribution >= 0.6 is 0 Å². The molecule has 1 unspecified atom stereocenters. The predicted molar refractivity (Wildman–Crippen MR) is 100 cm³/mol. The topological polar surface area (TPSA) is 73.2 Å². The van der Waals surface area contributed by atoms with E-state index in [1.54, 1.807) is 32.2 Å². The smallest absolute Gasteiger partial charge is 0.267 e. The highest BCUT2D eigenvalue weighted by Gasteiger charge is 2.18. The van der Waals surface area contributed by atoms with E-state index < -0.39 is 23.3 Å². The Morgan fingerprint density at radius 2 is 1.74 bits per heavy atom. The van der Waals surface area contributed by atoms with Crippen LogP contribution < -0.4 is 15.6 Å². The number of amides is 1. The first-order valence-electron chi connectivity index (χ1n) is 8.28. The second-order valence-electron chi connectivity index (χ2n) is 5.90. The van der Waals surface area contributed by atoms with Crippen molar-refractivity contribution in [3.63, 3.8) is 0 Å². The highest BCUT2D eigenvalue weighted by atomic mass is 19.1. The second-order valence-corrected chi connectivity index (χ2v) is 5.90. The molecule has 1 atom stereocenters. The third-order valence-corrected chi connectivity index (χ3v) is 4.07. The minimum atomic E-state index is -0.847. The SMILES string of the molecule is COc1ccc(-c2ccc(=O)n(C(C)C(=O)Nc3ccc(F)cc3)n2)cc1. The van der Waals surface area contributed by atoms with Gasteiger partial charge in [0.25, 0.3) is 5.56 Å². The van der Waals surface area contributed by atoms with E-state index in [1.165, 1.54) is 30.3 Å². The lowest BCUT2D eigenvalue weighted by molar-refractivity contribution is -0.119. The maximum atomic E-state index is 13.0. The van der Waals surface area contributed by atoms with Crippen molar-refractivity contribution in [1.29, 1.82) is 0 Å². The Balaban J connectivity index is 1.85. The Morgan fingerprint density at radius 3 is 2.37 bits per heavy atom. The van der Waals surface area contributed by atoms with Gasteiger partial charge in [-0.25, -0.2) is 9.07 Å². The number of carbonyl (C=O) groups excluding carboxylic acids is 1. The lowest BCUT2D eigenvalue weighted by Gasteiger charge is -2.15. The monoisotopic (exact) mass is 367 g/mol. The molecule has 1 aromatic heterocycles. The van der Waals surface area contributed by atoms with Gasteiger partial charge in [-0.05, 0) is 61.5 Å². The van der Waals surface area contributed by atoms with Gasteiger partial charge in [0.15, 0.2) is 0 Å². The predicted octanol–water partition coefficient (Wildman–Crippen LogP) is 3.26. The first-order valence-corrected chi connectivity index (χ1v) is 8.28. The van der Waals surface area contributed by atoms with Gasteiger partial charge < -0.3 is 10.1 Å². The van der Waals surface area contributed by atoms with Crippen molar-refractivity contribution in [3.8, 4) is 17.0 Å². The summed E-state index contributed by atoms with van der Waals surface area (Å²) in [5.74, 6) is -0.117. The van der Waals surface area contributed by atoms with Gasteiger partial charge in [0.1, 0.15) is 17.6 Å². The first kappa shape index (κ1) is 18.3. The average Bonchev–Trinajstić information content (AvgIpc) is 2.69. The number of nitrogens with one attached hydrogen (secondary N) is 1. The zero-order valence-electron chi connectivity index (χ0n) is 14.8. The van der Waals surface area contributed by atoms with Crippen LogP contribution in [0.15, 0.2) is 65.5 Å². The molecule has 1 heterocycles. The number of hydrogen-bond donors (Lipinski definition) is 1. The standard InChI is InChI=1S/C20H18FN3O3/c1-13(20(26)22-16-7-5-15(21)6-8-16)24-19(25)12-11-18(23-24)14-3-9-17(27-2)10-4-14/h3-13H,1-2H3,(H,22,26). The van der Waals surface area contributed by atoms with Crippen molar-refractivity contribution in [2.75, 3.05) is 12.4 Å². The van der Waals surface area contributed by atoms with Gasteiger partial charge in [-0.1, -0.05) is 0 Å². The van der Waals surface area contributed by atoms with Crippen molar-refractivity contribution >= 4 is 11.6 Å². The number of halogens is 1. The fourth-order valence-electron chi connectivity index (χ4n) is 2.51. The molecule has 0 aliphatic heterocycles. The molecule has 3 rings (SSSR count). The van der Waals surface area contributed by atoms with Crippen LogP contribution in [0.25, 0.3) is 11.3 Å². The Bertz CT molecular complexity index is 998. The van der Waals surface area contributed by atoms with Crippen molar-refractivity contribution in [2.45, 2.75) is 13.0 Å². The molecule has 0 saturated carbocycles. The number of rotatable bonds is 5. The number of aromatic nitrogens is 2. The van der Waals surface area contributed by atoms with Gasteiger partial charge in [-0.15, -0.1) is 0 Å². The number of methoxy groups -OCH3 is 1. The van der Waals surface area contributed by atoms with E-state index in [1.807, 2.05) is 12.1 Å². The van der Waals surface area contributed by atoms with Crippen LogP contribution in [0.1, 0.15) is 13.0 Å². The molecule has 2 aromatic carbocycles. The van der Waals surface area contributed by atoms with Gasteiger partial charge >= 0.3 is 0 Å². The molecule has 0 bridgehead atoms. The van der Waals surface area contributed by atoms with Crippen LogP contribution in [0.3, 0.4) is 0 Å². The van der Waals surface area contributed by atoms with Crippen molar-refractivity contribution in [3.05, 3.63) is 76.8 Å². The molecule has 7 heteroatoms. The first-order chi connectivity index (χ1) is 13.0. The van der Waals surface area contributed by atoms with E-state index in [4.69, 9.17) is 4.74 Å². The van der Waals surface area contributed by atoms with Gasteiger partial charge in [-0.3, -0.25) is 9.59 Å². The number of hydrogen-bond acceptors (Lipinski definition) is 4. The Hall–Kier alpha value is -3.48. The Kier molecular flexibility index (Phi) is 5.30. The summed E-state index contributed by atoms with van der Waals surface area (Å²) in [6.45, 7) is 1.57. The molecule has 0 aliphatic rings. The minimum absolute atomic E-state index is 0.394. The van der Waals surface area contributed by atoms with Crippen LogP contribution in [0.5, 0.6) is 5.75 Å². The highest BCUT2D eigenvalue weighted by molar-refractivity contribution is 5.93. The van der Waals surface area contributed by atoms with Gasteiger partial charge in [-0.2, -0.15) is 5.10 Å². The van der Waals surface area contributed by atoms with E-state index in [-0.39, 0.29) is 0 Å². The molecule has 0 saturated heterocycles. The number of ether oxygens (including phenoxy) is 1. The molecule has 0 fully saturated rings. The number of carbonyl (C=O) groups is 1. The summed E-state index contributed by atoms with van der Waals surface area (Å²) < 4.78 is 19.2. The quantitative estimate of drug-likeness (QED) is 0.751. The maximum absolute atomic E-state index is 13.0. The van der Waals surface area contributed by atoms with Crippen molar-refractivity contribution in [2.24, 2.45) is 0 Å². The molecular formula is C20H18FN3O3.